The minimum Gasteiger partial charge on any atom is -1.00 e. The van der Waals surface area contributed by atoms with Crippen LogP contribution in [0.4, 0.5) is 0 Å². The Balaban J connectivity index is 0.00000242. The van der Waals surface area contributed by atoms with Crippen LogP contribution in [0.5, 0.6) is 0 Å². The van der Waals surface area contributed by atoms with Crippen molar-refractivity contribution in [3.05, 3.63) is 35.9 Å². The van der Waals surface area contributed by atoms with Gasteiger partial charge in [-0.15, -0.1) is 11.8 Å². The number of aliphatic hydroxyl groups excluding tert-OH is 4. The Kier molecular flexibility index (Phi) is 7.81. The zero-order valence-electron chi connectivity index (χ0n) is 11.8. The van der Waals surface area contributed by atoms with Gasteiger partial charge in [-0.25, -0.2) is 0 Å². The fraction of sp³-hybridized carbons (Fsp3) is 0.500. The molecule has 1 aliphatic rings. The first kappa shape index (κ1) is 19.4. The van der Waals surface area contributed by atoms with Gasteiger partial charge in [-0.1, -0.05) is 30.3 Å². The predicted molar refractivity (Wildman–Crippen MR) is 80.6 cm³/mol. The van der Waals surface area contributed by atoms with Crippen LogP contribution in [-0.4, -0.2) is 61.8 Å². The Morgan fingerprint density at radius 1 is 1.09 bits per heavy atom. The van der Waals surface area contributed by atoms with Gasteiger partial charge in [0.2, 0.25) is 5.84 Å². The maximum Gasteiger partial charge on any atom is 0.245 e. The van der Waals surface area contributed by atoms with Crippen LogP contribution in [0, 0.1) is 0 Å². The van der Waals surface area contributed by atoms with E-state index >= 15 is 0 Å². The van der Waals surface area contributed by atoms with Crippen molar-refractivity contribution >= 4 is 17.6 Å². The number of hydrogen-bond acceptors (Lipinski definition) is 5. The molecule has 0 aromatic heterocycles. The van der Waals surface area contributed by atoms with Gasteiger partial charge in [0.15, 0.2) is 5.37 Å². The fourth-order valence-electron chi connectivity index (χ4n) is 2.27. The molecule has 1 aromatic rings. The lowest BCUT2D eigenvalue weighted by molar-refractivity contribution is -0.493. The number of rotatable bonds is 4. The molecule has 22 heavy (non-hydrogen) atoms. The van der Waals surface area contributed by atoms with Crippen LogP contribution in [0.3, 0.4) is 0 Å². The summed E-state index contributed by atoms with van der Waals surface area (Å²) in [6.07, 6.45) is -3.15. The number of benzene rings is 1. The molecule has 1 aliphatic heterocycles. The van der Waals surface area contributed by atoms with Gasteiger partial charge in [-0.2, -0.15) is 0 Å². The summed E-state index contributed by atoms with van der Waals surface area (Å²) in [7, 11) is 0. The second-order valence-corrected chi connectivity index (χ2v) is 6.47. The van der Waals surface area contributed by atoms with Crippen LogP contribution < -0.4 is 27.7 Å². The monoisotopic (exact) mass is 392 g/mol. The maximum absolute atomic E-state index is 9.99. The highest BCUT2D eigenvalue weighted by Crippen LogP contribution is 2.28. The smallest absolute Gasteiger partial charge is 0.245 e. The summed E-state index contributed by atoms with van der Waals surface area (Å²) < 4.78 is 0. The van der Waals surface area contributed by atoms with Gasteiger partial charge in [0, 0.05) is 0 Å². The molecule has 6 nitrogen and oxygen atoms in total. The Morgan fingerprint density at radius 2 is 1.73 bits per heavy atom. The molecule has 0 aliphatic carbocycles. The quantitative estimate of drug-likeness (QED) is 0.224. The van der Waals surface area contributed by atoms with Crippen LogP contribution in [0.2, 0.25) is 0 Å². The molecule has 0 saturated carbocycles. The number of nitrogens with two attached hydrogens (primary N) is 1. The van der Waals surface area contributed by atoms with Crippen LogP contribution >= 0.6 is 11.8 Å². The summed E-state index contributed by atoms with van der Waals surface area (Å²) in [6.45, 7) is -0.285. The summed E-state index contributed by atoms with van der Waals surface area (Å²) in [5.41, 5.74) is 6.97. The summed E-state index contributed by atoms with van der Waals surface area (Å²) in [5.74, 6) is 0.457. The molecular formula is C14H21BrN2O4S. The van der Waals surface area contributed by atoms with Crippen LogP contribution in [0.1, 0.15) is 5.56 Å². The molecule has 7 N–H and O–H groups in total. The summed E-state index contributed by atoms with van der Waals surface area (Å²) in [5, 5.41) is 37.6. The molecule has 8 heteroatoms. The Hall–Kier alpha value is -0.640. The molecule has 0 unspecified atom stereocenters. The van der Waals surface area contributed by atoms with Gasteiger partial charge in [-0.3, -0.25) is 10.7 Å². The second-order valence-electron chi connectivity index (χ2n) is 5.08. The van der Waals surface area contributed by atoms with Crippen molar-refractivity contribution in [2.24, 2.45) is 5.73 Å². The Morgan fingerprint density at radius 3 is 2.32 bits per heavy atom. The highest BCUT2D eigenvalue weighted by atomic mass is 79.9. The van der Waals surface area contributed by atoms with Crippen molar-refractivity contribution < 1.29 is 42.4 Å². The summed E-state index contributed by atoms with van der Waals surface area (Å²) in [6, 6.07) is 9.61. The van der Waals surface area contributed by atoms with Gasteiger partial charge in [-0.05, 0) is 5.56 Å². The van der Waals surface area contributed by atoms with Gasteiger partial charge in [0.25, 0.3) is 0 Å². The normalized spacial score (nSPS) is 32.4. The average Bonchev–Trinajstić information content (AvgIpc) is 2.49. The lowest BCUT2D eigenvalue weighted by Gasteiger charge is -2.36. The lowest BCUT2D eigenvalue weighted by atomic mass is 10.0. The van der Waals surface area contributed by atoms with Crippen molar-refractivity contribution in [1.29, 1.82) is 0 Å². The fourth-order valence-corrected chi connectivity index (χ4v) is 3.60. The van der Waals surface area contributed by atoms with E-state index in [0.717, 1.165) is 5.56 Å². The van der Waals surface area contributed by atoms with Gasteiger partial charge in [0.05, 0.1) is 24.4 Å². The van der Waals surface area contributed by atoms with E-state index in [0.29, 0.717) is 12.3 Å². The van der Waals surface area contributed by atoms with E-state index in [1.54, 1.807) is 0 Å². The maximum atomic E-state index is 9.99. The largest absolute Gasteiger partial charge is 1.00 e. The topological polar surface area (TPSA) is 121 Å². The first-order valence-corrected chi connectivity index (χ1v) is 7.69. The second kappa shape index (κ2) is 8.85. The molecule has 1 fully saturated rings. The van der Waals surface area contributed by atoms with Crippen LogP contribution in [-0.2, 0) is 6.42 Å². The van der Waals surface area contributed by atoms with E-state index in [2.05, 4.69) is 4.99 Å². The average molecular weight is 393 g/mol. The zero-order valence-corrected chi connectivity index (χ0v) is 14.2. The van der Waals surface area contributed by atoms with E-state index in [4.69, 9.17) is 5.73 Å². The Labute approximate surface area is 143 Å². The first-order valence-electron chi connectivity index (χ1n) is 6.75. The number of hydrogen-bond donors (Lipinski definition) is 6. The predicted octanol–water partition coefficient (Wildman–Crippen LogP) is -5.81. The summed E-state index contributed by atoms with van der Waals surface area (Å²) >= 11 is 1.17. The number of thioether (sulfide) groups is 1. The van der Waals surface area contributed by atoms with E-state index in [-0.39, 0.29) is 23.6 Å². The van der Waals surface area contributed by atoms with Crippen molar-refractivity contribution in [2.75, 3.05) is 6.61 Å². The Bertz CT molecular complexity index is 489. The van der Waals surface area contributed by atoms with Crippen molar-refractivity contribution in [3.8, 4) is 0 Å². The number of amidine groups is 1. The third-order valence-electron chi connectivity index (χ3n) is 3.46. The minimum absolute atomic E-state index is 0. The summed E-state index contributed by atoms with van der Waals surface area (Å²) in [4.78, 5) is 2.96. The molecule has 0 bridgehead atoms. The number of aliphatic hydroxyl groups is 4. The lowest BCUT2D eigenvalue weighted by Crippen LogP contribution is -3.00. The van der Waals surface area contributed by atoms with Crippen molar-refractivity contribution in [3.63, 3.8) is 0 Å². The van der Waals surface area contributed by atoms with Crippen LogP contribution in [0.15, 0.2) is 30.3 Å². The third-order valence-corrected chi connectivity index (χ3v) is 4.92. The van der Waals surface area contributed by atoms with E-state index < -0.39 is 28.9 Å². The molecule has 1 heterocycles. The van der Waals surface area contributed by atoms with Gasteiger partial charge >= 0.3 is 0 Å². The molecule has 5 atom stereocenters. The molecule has 0 radical (unpaired) electrons. The number of halogens is 1. The van der Waals surface area contributed by atoms with Crippen molar-refractivity contribution in [2.45, 2.75) is 35.4 Å². The molecule has 1 saturated heterocycles. The SMILES string of the molecule is N/C(Cc1ccccc1)=[NH+]/[C@@H]1S[C@H](CO)[C@@H](O)[C@H](O)[C@@H]1O.[Br-]. The van der Waals surface area contributed by atoms with E-state index in [1.165, 1.54) is 11.8 Å². The highest BCUT2D eigenvalue weighted by molar-refractivity contribution is 8.00. The third kappa shape index (κ3) is 4.68. The van der Waals surface area contributed by atoms with Crippen LogP contribution in [0.25, 0.3) is 0 Å². The molecule has 0 spiro atoms. The first-order chi connectivity index (χ1) is 10.0. The highest BCUT2D eigenvalue weighted by Gasteiger charge is 2.44. The number of nitrogens with one attached hydrogen (secondary N) is 1. The standard InChI is InChI=1S/C14H20N2O4S.BrH/c15-10(6-8-4-2-1-3-5-8)16-14-13(20)12(19)11(18)9(7-17)21-14;/h1-5,9,11-14,17-20H,6-7H2,(H2,15,16);1H/t9-,11-,12+,13+,14-;/m1./s1. The van der Waals surface area contributed by atoms with E-state index in [9.17, 15) is 20.4 Å². The molecule has 0 amide bonds. The van der Waals surface area contributed by atoms with E-state index in [1.807, 2.05) is 30.3 Å². The molecule has 124 valence electrons. The molecular weight excluding hydrogens is 372 g/mol. The van der Waals surface area contributed by atoms with Gasteiger partial charge < -0.3 is 37.4 Å². The minimum atomic E-state index is -1.31. The molecule has 1 aromatic carbocycles. The van der Waals surface area contributed by atoms with Gasteiger partial charge in [0.1, 0.15) is 12.2 Å². The molecule has 2 rings (SSSR count). The zero-order chi connectivity index (χ0) is 15.4. The van der Waals surface area contributed by atoms with Crippen molar-refractivity contribution in [1.82, 2.24) is 0 Å².